The number of hydrogen-bond acceptors (Lipinski definition) is 9. The van der Waals surface area contributed by atoms with Crippen molar-refractivity contribution in [1.29, 1.82) is 0 Å². The highest BCUT2D eigenvalue weighted by atomic mass is 32.2. The normalized spacial score (nSPS) is 11.8. The van der Waals surface area contributed by atoms with E-state index >= 15 is 0 Å². The molecule has 0 fully saturated rings. The van der Waals surface area contributed by atoms with Crippen LogP contribution in [0.1, 0.15) is 31.9 Å². The fraction of sp³-hybridized carbons (Fsp3) is 0.320. The Balaban J connectivity index is 1.52. The lowest BCUT2D eigenvalue weighted by Gasteiger charge is -2.19. The maximum atomic E-state index is 13.0. The van der Waals surface area contributed by atoms with Crippen molar-refractivity contribution in [1.82, 2.24) is 20.3 Å². The number of carbonyl (C=O) groups excluding carboxylic acids is 1. The van der Waals surface area contributed by atoms with Crippen LogP contribution in [0.4, 0.5) is 10.6 Å². The largest absolute Gasteiger partial charge is 0.496 e. The van der Waals surface area contributed by atoms with Gasteiger partial charge in [-0.25, -0.2) is 13.2 Å². The van der Waals surface area contributed by atoms with Crippen LogP contribution in [0.2, 0.25) is 0 Å². The number of aromatic nitrogens is 3. The Labute approximate surface area is 219 Å². The molecule has 2 N–H and O–H groups in total. The second-order valence-electron chi connectivity index (χ2n) is 9.36. The van der Waals surface area contributed by atoms with E-state index in [0.29, 0.717) is 23.3 Å². The third-order valence-corrected chi connectivity index (χ3v) is 6.65. The molecule has 0 aliphatic rings. The number of alkyl carbamates (subject to hydrolysis) is 1. The molecular weight excluding hydrogens is 514 g/mol. The van der Waals surface area contributed by atoms with Crippen molar-refractivity contribution in [3.8, 4) is 11.5 Å². The van der Waals surface area contributed by atoms with Gasteiger partial charge in [0.05, 0.1) is 27.0 Å². The van der Waals surface area contributed by atoms with E-state index in [9.17, 15) is 13.2 Å². The molecule has 12 nitrogen and oxygen atoms in total. The number of fused-ring (bicyclic) bond motifs is 1. The molecule has 0 saturated heterocycles. The van der Waals surface area contributed by atoms with Gasteiger partial charge in [-0.05, 0) is 50.6 Å². The third kappa shape index (κ3) is 6.17. The summed E-state index contributed by atoms with van der Waals surface area (Å²) in [5.41, 5.74) is 1.31. The predicted molar refractivity (Wildman–Crippen MR) is 139 cm³/mol. The average molecular weight is 544 g/mol. The SMILES string of the molecule is COc1ccccc1S(=O)(=O)Nc1noc2cc(Cn3cc(CNC(=O)OC(C)(C)C)cn3)cc(OC)c12. The van der Waals surface area contributed by atoms with Gasteiger partial charge in [-0.3, -0.25) is 9.40 Å². The van der Waals surface area contributed by atoms with Crippen molar-refractivity contribution in [2.75, 3.05) is 18.9 Å². The zero-order valence-corrected chi connectivity index (χ0v) is 22.5. The van der Waals surface area contributed by atoms with Crippen LogP contribution < -0.4 is 19.5 Å². The summed E-state index contributed by atoms with van der Waals surface area (Å²) < 4.78 is 51.6. The van der Waals surface area contributed by atoms with Crippen LogP contribution in [-0.2, 0) is 27.8 Å². The third-order valence-electron chi connectivity index (χ3n) is 5.27. The number of benzene rings is 2. The van der Waals surface area contributed by atoms with Crippen LogP contribution in [0.15, 0.2) is 58.2 Å². The molecule has 0 unspecified atom stereocenters. The van der Waals surface area contributed by atoms with Gasteiger partial charge in [0.2, 0.25) is 0 Å². The van der Waals surface area contributed by atoms with Gasteiger partial charge in [-0.2, -0.15) is 5.10 Å². The summed E-state index contributed by atoms with van der Waals surface area (Å²) >= 11 is 0. The van der Waals surface area contributed by atoms with E-state index in [1.807, 2.05) is 0 Å². The van der Waals surface area contributed by atoms with Gasteiger partial charge < -0.3 is 24.1 Å². The van der Waals surface area contributed by atoms with Gasteiger partial charge in [0.1, 0.15) is 27.4 Å². The molecule has 2 heterocycles. The standard InChI is InChI=1S/C25H29N5O7S/c1-25(2,3)36-24(31)26-12-17-13-27-30(15-17)14-16-10-19(35-5)22-20(11-16)37-28-23(22)29-38(32,33)21-9-7-6-8-18(21)34-4/h6-11,13,15H,12,14H2,1-5H3,(H,26,31)(H,28,29). The minimum Gasteiger partial charge on any atom is -0.496 e. The molecule has 4 rings (SSSR count). The second kappa shape index (κ2) is 10.6. The van der Waals surface area contributed by atoms with Gasteiger partial charge in [-0.1, -0.05) is 17.3 Å². The molecule has 0 spiro atoms. The first kappa shape index (κ1) is 26.8. The van der Waals surface area contributed by atoms with E-state index in [1.54, 1.807) is 68.2 Å². The number of nitrogens with zero attached hydrogens (tertiary/aromatic N) is 3. The monoisotopic (exact) mass is 543 g/mol. The number of anilines is 1. The van der Waals surface area contributed by atoms with Crippen molar-refractivity contribution < 1.29 is 31.9 Å². The summed E-state index contributed by atoms with van der Waals surface area (Å²) in [6, 6.07) is 9.73. The number of nitrogens with one attached hydrogen (secondary N) is 2. The van der Waals surface area contributed by atoms with Gasteiger partial charge in [0, 0.05) is 18.3 Å². The highest BCUT2D eigenvalue weighted by molar-refractivity contribution is 7.92. The summed E-state index contributed by atoms with van der Waals surface area (Å²) in [7, 11) is -1.16. The maximum absolute atomic E-state index is 13.0. The Morgan fingerprint density at radius 2 is 1.82 bits per heavy atom. The summed E-state index contributed by atoms with van der Waals surface area (Å²) in [4.78, 5) is 11.8. The average Bonchev–Trinajstić information content (AvgIpc) is 3.47. The summed E-state index contributed by atoms with van der Waals surface area (Å²) in [5.74, 6) is 0.557. The van der Waals surface area contributed by atoms with E-state index in [1.165, 1.54) is 20.3 Å². The predicted octanol–water partition coefficient (Wildman–Crippen LogP) is 3.92. The van der Waals surface area contributed by atoms with Crippen LogP contribution in [0.5, 0.6) is 11.5 Å². The van der Waals surface area contributed by atoms with Crippen molar-refractivity contribution in [3.63, 3.8) is 0 Å². The molecule has 2 aromatic carbocycles. The lowest BCUT2D eigenvalue weighted by molar-refractivity contribution is 0.0523. The molecule has 0 saturated carbocycles. The minimum absolute atomic E-state index is 0.0103. The summed E-state index contributed by atoms with van der Waals surface area (Å²) in [5, 5.41) is 11.3. The zero-order valence-electron chi connectivity index (χ0n) is 21.6. The molecule has 0 atom stereocenters. The summed E-state index contributed by atoms with van der Waals surface area (Å²) in [6.07, 6.45) is 2.93. The molecule has 13 heteroatoms. The van der Waals surface area contributed by atoms with Crippen molar-refractivity contribution in [3.05, 3.63) is 59.9 Å². The Bertz CT molecular complexity index is 1550. The van der Waals surface area contributed by atoms with E-state index in [2.05, 4.69) is 20.3 Å². The number of carbonyl (C=O) groups is 1. The number of rotatable bonds is 9. The van der Waals surface area contributed by atoms with E-state index in [0.717, 1.165) is 11.1 Å². The highest BCUT2D eigenvalue weighted by Crippen LogP contribution is 2.35. The molecule has 0 bridgehead atoms. The maximum Gasteiger partial charge on any atom is 0.407 e. The van der Waals surface area contributed by atoms with E-state index < -0.39 is 21.7 Å². The van der Waals surface area contributed by atoms with Gasteiger partial charge in [0.15, 0.2) is 11.4 Å². The molecule has 202 valence electrons. The Morgan fingerprint density at radius 3 is 2.53 bits per heavy atom. The smallest absolute Gasteiger partial charge is 0.407 e. The fourth-order valence-electron chi connectivity index (χ4n) is 3.69. The van der Waals surface area contributed by atoms with Crippen molar-refractivity contribution in [2.24, 2.45) is 0 Å². The van der Waals surface area contributed by atoms with Crippen LogP contribution in [0, 0.1) is 0 Å². The van der Waals surface area contributed by atoms with E-state index in [-0.39, 0.29) is 23.0 Å². The molecule has 4 aromatic rings. The fourth-order valence-corrected chi connectivity index (χ4v) is 4.87. The quantitative estimate of drug-likeness (QED) is 0.321. The molecule has 1 amide bonds. The minimum atomic E-state index is -4.03. The number of amides is 1. The van der Waals surface area contributed by atoms with Crippen LogP contribution in [-0.4, -0.2) is 49.3 Å². The number of ether oxygens (including phenoxy) is 3. The van der Waals surface area contributed by atoms with E-state index in [4.69, 9.17) is 18.7 Å². The number of methoxy groups -OCH3 is 2. The molecule has 0 radical (unpaired) electrons. The Hall–Kier alpha value is -4.26. The van der Waals surface area contributed by atoms with Gasteiger partial charge in [-0.15, -0.1) is 0 Å². The highest BCUT2D eigenvalue weighted by Gasteiger charge is 2.24. The Kier molecular flexibility index (Phi) is 7.49. The molecule has 38 heavy (non-hydrogen) atoms. The Morgan fingerprint density at radius 1 is 1.08 bits per heavy atom. The van der Waals surface area contributed by atoms with Gasteiger partial charge >= 0.3 is 6.09 Å². The molecule has 0 aliphatic carbocycles. The van der Waals surface area contributed by atoms with Crippen molar-refractivity contribution >= 4 is 32.9 Å². The first-order valence-electron chi connectivity index (χ1n) is 11.6. The van der Waals surface area contributed by atoms with Crippen LogP contribution in [0.3, 0.4) is 0 Å². The number of sulfonamides is 1. The number of hydrogen-bond donors (Lipinski definition) is 2. The van der Waals surface area contributed by atoms with Crippen LogP contribution in [0.25, 0.3) is 11.0 Å². The second-order valence-corrected chi connectivity index (χ2v) is 11.0. The van der Waals surface area contributed by atoms with Crippen LogP contribution >= 0.6 is 0 Å². The first-order valence-corrected chi connectivity index (χ1v) is 13.1. The molecule has 2 aromatic heterocycles. The number of para-hydroxylation sites is 1. The lowest BCUT2D eigenvalue weighted by atomic mass is 10.1. The topological polar surface area (TPSA) is 147 Å². The molecule has 0 aliphatic heterocycles. The summed E-state index contributed by atoms with van der Waals surface area (Å²) in [6.45, 7) is 6.00. The first-order chi connectivity index (χ1) is 18.0. The lowest BCUT2D eigenvalue weighted by Crippen LogP contribution is -2.32. The zero-order chi connectivity index (χ0) is 27.5. The van der Waals surface area contributed by atoms with Gasteiger partial charge in [0.25, 0.3) is 10.0 Å². The van der Waals surface area contributed by atoms with Crippen molar-refractivity contribution in [2.45, 2.75) is 44.4 Å². The molecular formula is C25H29N5O7S.